The van der Waals surface area contributed by atoms with Gasteiger partial charge in [-0.2, -0.15) is 5.10 Å². The molecule has 2 aromatic heterocycles. The molecule has 3 heterocycles. The maximum atomic E-state index is 12.6. The van der Waals surface area contributed by atoms with E-state index < -0.39 is 0 Å². The second-order valence-corrected chi connectivity index (χ2v) is 8.15. The molecule has 1 aromatic carbocycles. The van der Waals surface area contributed by atoms with Gasteiger partial charge in [0, 0.05) is 37.0 Å². The molecule has 2 aliphatic rings. The van der Waals surface area contributed by atoms with Crippen molar-refractivity contribution >= 4 is 5.91 Å². The Labute approximate surface area is 169 Å². The molecular weight excluding hydrogens is 364 g/mol. The Morgan fingerprint density at radius 3 is 2.79 bits per heavy atom. The largest absolute Gasteiger partial charge is 0.348 e. The average Bonchev–Trinajstić information content (AvgIpc) is 3.40. The number of amides is 1. The molecule has 0 radical (unpaired) electrons. The Morgan fingerprint density at radius 1 is 1.10 bits per heavy atom. The predicted molar refractivity (Wildman–Crippen MR) is 109 cm³/mol. The van der Waals surface area contributed by atoms with Crippen molar-refractivity contribution in [3.8, 4) is 0 Å². The van der Waals surface area contributed by atoms with Gasteiger partial charge in [0.2, 0.25) is 0 Å². The smallest absolute Gasteiger partial charge is 0.271 e. The summed E-state index contributed by atoms with van der Waals surface area (Å²) in [6.45, 7) is 0.839. The lowest BCUT2D eigenvalue weighted by Crippen LogP contribution is -2.35. The molecule has 7 nitrogen and oxygen atoms in total. The first kappa shape index (κ1) is 18.1. The third-order valence-electron chi connectivity index (χ3n) is 5.98. The number of hydrogen-bond acceptors (Lipinski definition) is 4. The fourth-order valence-electron chi connectivity index (χ4n) is 4.09. The minimum atomic E-state index is -0.0832. The molecule has 0 saturated heterocycles. The van der Waals surface area contributed by atoms with Gasteiger partial charge in [-0.3, -0.25) is 9.89 Å². The summed E-state index contributed by atoms with van der Waals surface area (Å²) in [5, 5.41) is 19.2. The fraction of sp³-hybridized carbons (Fsp3) is 0.455. The lowest BCUT2D eigenvalue weighted by molar-refractivity contribution is 0.0928. The van der Waals surface area contributed by atoms with Crippen molar-refractivity contribution in [3.05, 3.63) is 65.0 Å². The summed E-state index contributed by atoms with van der Waals surface area (Å²) in [4.78, 5) is 12.6. The zero-order valence-electron chi connectivity index (χ0n) is 16.5. The number of nitrogens with one attached hydrogen (secondary N) is 2. The van der Waals surface area contributed by atoms with Gasteiger partial charge in [-0.05, 0) is 43.7 Å². The van der Waals surface area contributed by atoms with Crippen molar-refractivity contribution in [2.24, 2.45) is 0 Å². The highest BCUT2D eigenvalue weighted by atomic mass is 16.2. The van der Waals surface area contributed by atoms with E-state index in [4.69, 9.17) is 0 Å². The van der Waals surface area contributed by atoms with Crippen LogP contribution in [0.3, 0.4) is 0 Å². The summed E-state index contributed by atoms with van der Waals surface area (Å²) < 4.78 is 2.24. The van der Waals surface area contributed by atoms with E-state index in [-0.39, 0.29) is 11.9 Å². The first-order chi connectivity index (χ1) is 14.3. The van der Waals surface area contributed by atoms with Gasteiger partial charge < -0.3 is 9.88 Å². The van der Waals surface area contributed by atoms with Crippen LogP contribution in [0.5, 0.6) is 0 Å². The molecule has 1 saturated carbocycles. The summed E-state index contributed by atoms with van der Waals surface area (Å²) in [7, 11) is 0. The minimum Gasteiger partial charge on any atom is -0.348 e. The Bertz CT molecular complexity index is 988. The fourth-order valence-corrected chi connectivity index (χ4v) is 4.09. The Morgan fingerprint density at radius 2 is 1.97 bits per heavy atom. The zero-order valence-corrected chi connectivity index (χ0v) is 16.5. The number of carbonyl (C=O) groups excluding carboxylic acids is 1. The topological polar surface area (TPSA) is 88.5 Å². The molecule has 1 atom stereocenters. The number of aromatic amines is 1. The second-order valence-electron chi connectivity index (χ2n) is 8.15. The highest BCUT2D eigenvalue weighted by Crippen LogP contribution is 2.39. The van der Waals surface area contributed by atoms with Crippen molar-refractivity contribution in [1.82, 2.24) is 30.3 Å². The van der Waals surface area contributed by atoms with E-state index in [1.54, 1.807) is 0 Å². The highest BCUT2D eigenvalue weighted by Gasteiger charge is 2.27. The molecule has 1 aliphatic carbocycles. The SMILES string of the molecule is O=C(NC1CCc2nnc(CCc3ccccc3)n2CC1)c1cc(C2CC2)[nH]n1. The van der Waals surface area contributed by atoms with E-state index in [0.717, 1.165) is 56.0 Å². The van der Waals surface area contributed by atoms with Crippen LogP contribution in [0.25, 0.3) is 0 Å². The van der Waals surface area contributed by atoms with Gasteiger partial charge in [-0.1, -0.05) is 30.3 Å². The van der Waals surface area contributed by atoms with Crippen LogP contribution in [0.1, 0.15) is 65.0 Å². The lowest BCUT2D eigenvalue weighted by atomic mass is 10.1. The van der Waals surface area contributed by atoms with Crippen molar-refractivity contribution in [2.45, 2.75) is 63.5 Å². The monoisotopic (exact) mass is 390 g/mol. The Hall–Kier alpha value is -2.96. The van der Waals surface area contributed by atoms with Crippen LogP contribution in [-0.2, 0) is 25.8 Å². The van der Waals surface area contributed by atoms with E-state index in [9.17, 15) is 4.79 Å². The molecule has 150 valence electrons. The van der Waals surface area contributed by atoms with Crippen LogP contribution >= 0.6 is 0 Å². The second kappa shape index (κ2) is 7.81. The van der Waals surface area contributed by atoms with Gasteiger partial charge in [-0.25, -0.2) is 0 Å². The minimum absolute atomic E-state index is 0.0832. The number of fused-ring (bicyclic) bond motifs is 1. The highest BCUT2D eigenvalue weighted by molar-refractivity contribution is 5.92. The molecule has 1 aliphatic heterocycles. The van der Waals surface area contributed by atoms with Crippen molar-refractivity contribution in [1.29, 1.82) is 0 Å². The number of benzene rings is 1. The van der Waals surface area contributed by atoms with Crippen LogP contribution < -0.4 is 5.32 Å². The van der Waals surface area contributed by atoms with Gasteiger partial charge in [0.15, 0.2) is 0 Å². The summed E-state index contributed by atoms with van der Waals surface area (Å²) in [5.41, 5.74) is 2.90. The standard InChI is InChI=1S/C22H26N6O/c29-22(19-14-18(24-25-19)16-7-8-16)23-17-9-11-21-27-26-20(28(21)13-12-17)10-6-15-4-2-1-3-5-15/h1-5,14,16-17H,6-13H2,(H,23,29)(H,24,25). The van der Waals surface area contributed by atoms with Crippen LogP contribution in [0.4, 0.5) is 0 Å². The molecule has 0 spiro atoms. The molecule has 5 rings (SSSR count). The van der Waals surface area contributed by atoms with E-state index in [1.807, 2.05) is 12.1 Å². The van der Waals surface area contributed by atoms with E-state index in [1.165, 1.54) is 18.4 Å². The predicted octanol–water partition coefficient (Wildman–Crippen LogP) is 2.80. The maximum absolute atomic E-state index is 12.6. The summed E-state index contributed by atoms with van der Waals surface area (Å²) in [6, 6.07) is 12.5. The normalized spacial score (nSPS) is 18.8. The molecule has 1 fully saturated rings. The Balaban J connectivity index is 1.19. The number of aryl methyl sites for hydroxylation is 3. The third-order valence-corrected chi connectivity index (χ3v) is 5.98. The van der Waals surface area contributed by atoms with Crippen LogP contribution in [0.2, 0.25) is 0 Å². The Kier molecular flexibility index (Phi) is 4.87. The molecule has 1 amide bonds. The maximum Gasteiger partial charge on any atom is 0.271 e. The molecular formula is C22H26N6O. The molecule has 1 unspecified atom stereocenters. The zero-order chi connectivity index (χ0) is 19.6. The van der Waals surface area contributed by atoms with Gasteiger partial charge in [-0.15, -0.1) is 10.2 Å². The summed E-state index contributed by atoms with van der Waals surface area (Å²) in [5.74, 6) is 2.55. The number of hydrogen-bond donors (Lipinski definition) is 2. The molecule has 3 aromatic rings. The number of H-pyrrole nitrogens is 1. The lowest BCUT2D eigenvalue weighted by Gasteiger charge is -2.15. The molecule has 7 heteroatoms. The van der Waals surface area contributed by atoms with E-state index >= 15 is 0 Å². The number of rotatable bonds is 6. The van der Waals surface area contributed by atoms with E-state index in [2.05, 4.69) is 54.5 Å². The third kappa shape index (κ3) is 4.09. The first-order valence-corrected chi connectivity index (χ1v) is 10.6. The van der Waals surface area contributed by atoms with Crippen molar-refractivity contribution < 1.29 is 4.79 Å². The van der Waals surface area contributed by atoms with Crippen LogP contribution in [0.15, 0.2) is 36.4 Å². The summed E-state index contributed by atoms with van der Waals surface area (Å²) in [6.07, 6.45) is 6.82. The van der Waals surface area contributed by atoms with Crippen molar-refractivity contribution in [3.63, 3.8) is 0 Å². The van der Waals surface area contributed by atoms with Gasteiger partial charge in [0.25, 0.3) is 5.91 Å². The van der Waals surface area contributed by atoms with Gasteiger partial charge in [0.1, 0.15) is 17.3 Å². The summed E-state index contributed by atoms with van der Waals surface area (Å²) >= 11 is 0. The molecule has 29 heavy (non-hydrogen) atoms. The van der Waals surface area contributed by atoms with Gasteiger partial charge >= 0.3 is 0 Å². The van der Waals surface area contributed by atoms with Crippen LogP contribution in [0, 0.1) is 0 Å². The quantitative estimate of drug-likeness (QED) is 0.677. The number of carbonyl (C=O) groups is 1. The number of nitrogens with zero attached hydrogens (tertiary/aromatic N) is 4. The molecule has 2 N–H and O–H groups in total. The van der Waals surface area contributed by atoms with Crippen LogP contribution in [-0.4, -0.2) is 36.9 Å². The van der Waals surface area contributed by atoms with E-state index in [0.29, 0.717) is 11.6 Å². The number of aromatic nitrogens is 5. The van der Waals surface area contributed by atoms with Gasteiger partial charge in [0.05, 0.1) is 0 Å². The first-order valence-electron chi connectivity index (χ1n) is 10.6. The van der Waals surface area contributed by atoms with Crippen molar-refractivity contribution in [2.75, 3.05) is 0 Å². The average molecular weight is 390 g/mol. The molecule has 0 bridgehead atoms.